The molecule has 0 unspecified atom stereocenters. The summed E-state index contributed by atoms with van der Waals surface area (Å²) in [7, 11) is 2.97. The molecule has 0 fully saturated rings. The summed E-state index contributed by atoms with van der Waals surface area (Å²) < 4.78 is 11.5. The number of para-hydroxylation sites is 3. The van der Waals surface area contributed by atoms with Crippen LogP contribution in [0.1, 0.15) is 20.7 Å². The Bertz CT molecular complexity index is 1220. The number of nitrogens with one attached hydrogen (secondary N) is 1. The van der Waals surface area contributed by atoms with Crippen molar-refractivity contribution in [1.29, 1.82) is 0 Å². The topological polar surface area (TPSA) is 80.8 Å². The Morgan fingerprint density at radius 1 is 0.839 bits per heavy atom. The molecule has 0 spiro atoms. The summed E-state index contributed by atoms with van der Waals surface area (Å²) >= 11 is 1.30. The highest BCUT2D eigenvalue weighted by atomic mass is 32.1. The van der Waals surface area contributed by atoms with E-state index in [1.54, 1.807) is 48.5 Å². The number of fused-ring (bicyclic) bond motifs is 1. The molecule has 31 heavy (non-hydrogen) atoms. The lowest BCUT2D eigenvalue weighted by Crippen LogP contribution is -2.46. The molecule has 0 atom stereocenters. The molecular formula is C23H19N3O4S. The minimum absolute atomic E-state index is 0.295. The Labute approximate surface area is 182 Å². The van der Waals surface area contributed by atoms with E-state index >= 15 is 0 Å². The van der Waals surface area contributed by atoms with Gasteiger partial charge >= 0.3 is 0 Å². The molecule has 8 heteroatoms. The van der Waals surface area contributed by atoms with Gasteiger partial charge in [0.25, 0.3) is 11.8 Å². The Morgan fingerprint density at radius 2 is 1.42 bits per heavy atom. The highest BCUT2D eigenvalue weighted by Gasteiger charge is 2.27. The average Bonchev–Trinajstić information content (AvgIpc) is 3.25. The van der Waals surface area contributed by atoms with Crippen molar-refractivity contribution in [1.82, 2.24) is 10.4 Å². The standard InChI is InChI=1S/C23H19N3O4S/c1-29-18-12-6-3-9-15(18)21(27)25-26(22(28)16-10-4-7-13-19(16)30-2)23-24-17-11-5-8-14-20(17)31-23/h3-14H,1-2H3,(H,25,27). The molecule has 0 bridgehead atoms. The summed E-state index contributed by atoms with van der Waals surface area (Å²) in [4.78, 5) is 31.1. The van der Waals surface area contributed by atoms with Crippen LogP contribution < -0.4 is 19.9 Å². The third kappa shape index (κ3) is 4.06. The van der Waals surface area contributed by atoms with Crippen LogP contribution >= 0.6 is 11.3 Å². The zero-order valence-electron chi connectivity index (χ0n) is 16.9. The number of benzene rings is 3. The highest BCUT2D eigenvalue weighted by molar-refractivity contribution is 7.22. The fraction of sp³-hybridized carbons (Fsp3) is 0.0870. The predicted octanol–water partition coefficient (Wildman–Crippen LogP) is 4.31. The van der Waals surface area contributed by atoms with E-state index in [-0.39, 0.29) is 0 Å². The smallest absolute Gasteiger partial charge is 0.282 e. The molecule has 3 aromatic carbocycles. The molecule has 156 valence electrons. The number of anilines is 1. The summed E-state index contributed by atoms with van der Waals surface area (Å²) in [5.41, 5.74) is 4.01. The molecule has 0 radical (unpaired) electrons. The number of methoxy groups -OCH3 is 2. The molecule has 7 nitrogen and oxygen atoms in total. The third-order valence-electron chi connectivity index (χ3n) is 4.58. The number of hydrogen-bond acceptors (Lipinski definition) is 6. The first-order valence-electron chi connectivity index (χ1n) is 9.39. The second kappa shape index (κ2) is 8.85. The predicted molar refractivity (Wildman–Crippen MR) is 120 cm³/mol. The Hall–Kier alpha value is -3.91. The van der Waals surface area contributed by atoms with Gasteiger partial charge in [-0.2, -0.15) is 5.01 Å². The number of aromatic nitrogens is 1. The summed E-state index contributed by atoms with van der Waals surface area (Å²) in [5.74, 6) is -0.182. The number of amides is 2. The van der Waals surface area contributed by atoms with Gasteiger partial charge in [-0.1, -0.05) is 47.7 Å². The molecule has 0 saturated heterocycles. The fourth-order valence-corrected chi connectivity index (χ4v) is 4.00. The van der Waals surface area contributed by atoms with Crippen molar-refractivity contribution >= 4 is 38.5 Å². The van der Waals surface area contributed by atoms with Gasteiger partial charge in [0, 0.05) is 0 Å². The SMILES string of the molecule is COc1ccccc1C(=O)NN(C(=O)c1ccccc1OC)c1nc2ccccc2s1. The van der Waals surface area contributed by atoms with Crippen molar-refractivity contribution in [2.24, 2.45) is 0 Å². The summed E-state index contributed by atoms with van der Waals surface area (Å²) in [6, 6.07) is 21.1. The lowest BCUT2D eigenvalue weighted by atomic mass is 10.2. The van der Waals surface area contributed by atoms with Crippen molar-refractivity contribution in [2.75, 3.05) is 19.2 Å². The van der Waals surface area contributed by atoms with Crippen molar-refractivity contribution < 1.29 is 19.1 Å². The van der Waals surface area contributed by atoms with Crippen molar-refractivity contribution in [3.05, 3.63) is 83.9 Å². The Balaban J connectivity index is 1.77. The van der Waals surface area contributed by atoms with Gasteiger partial charge in [-0.05, 0) is 36.4 Å². The van der Waals surface area contributed by atoms with Crippen molar-refractivity contribution in [3.63, 3.8) is 0 Å². The van der Waals surface area contributed by atoms with Crippen LogP contribution in [-0.2, 0) is 0 Å². The van der Waals surface area contributed by atoms with Crippen molar-refractivity contribution in [2.45, 2.75) is 0 Å². The number of hydrazine groups is 1. The van der Waals surface area contributed by atoms with Crippen LogP contribution in [-0.4, -0.2) is 31.0 Å². The van der Waals surface area contributed by atoms with Gasteiger partial charge in [0.15, 0.2) is 0 Å². The molecular weight excluding hydrogens is 414 g/mol. The number of thiazole rings is 1. The van der Waals surface area contributed by atoms with Gasteiger partial charge in [-0.25, -0.2) is 4.98 Å². The number of carbonyl (C=O) groups excluding carboxylic acids is 2. The third-order valence-corrected chi connectivity index (χ3v) is 5.60. The minimum Gasteiger partial charge on any atom is -0.496 e. The van der Waals surface area contributed by atoms with Gasteiger partial charge in [-0.15, -0.1) is 0 Å². The maximum Gasteiger partial charge on any atom is 0.282 e. The Morgan fingerprint density at radius 3 is 2.10 bits per heavy atom. The van der Waals surface area contributed by atoms with E-state index in [1.807, 2.05) is 24.3 Å². The minimum atomic E-state index is -0.500. The molecule has 0 aliphatic heterocycles. The van der Waals surface area contributed by atoms with Crippen LogP contribution in [0, 0.1) is 0 Å². The molecule has 1 heterocycles. The van der Waals surface area contributed by atoms with E-state index in [9.17, 15) is 9.59 Å². The molecule has 0 aliphatic rings. The molecule has 1 N–H and O–H groups in total. The molecule has 0 saturated carbocycles. The Kier molecular flexibility index (Phi) is 5.81. The largest absolute Gasteiger partial charge is 0.496 e. The number of hydrogen-bond donors (Lipinski definition) is 1. The van der Waals surface area contributed by atoms with Crippen LogP contribution in [0.3, 0.4) is 0 Å². The summed E-state index contributed by atoms with van der Waals surface area (Å²) in [6.45, 7) is 0. The molecule has 2 amide bonds. The van der Waals surface area contributed by atoms with Crippen LogP contribution in [0.5, 0.6) is 11.5 Å². The van der Waals surface area contributed by atoms with Gasteiger partial charge in [0.1, 0.15) is 11.5 Å². The van der Waals surface area contributed by atoms with Gasteiger partial charge in [-0.3, -0.25) is 15.0 Å². The van der Waals surface area contributed by atoms with Crippen LogP contribution in [0.25, 0.3) is 10.2 Å². The van der Waals surface area contributed by atoms with E-state index in [2.05, 4.69) is 10.4 Å². The first-order valence-corrected chi connectivity index (χ1v) is 10.2. The number of ether oxygens (including phenoxy) is 2. The van der Waals surface area contributed by atoms with Crippen LogP contribution in [0.2, 0.25) is 0 Å². The second-order valence-electron chi connectivity index (χ2n) is 6.45. The first kappa shape index (κ1) is 20.4. The monoisotopic (exact) mass is 433 g/mol. The van der Waals surface area contributed by atoms with E-state index in [0.717, 1.165) is 15.2 Å². The van der Waals surface area contributed by atoms with Crippen LogP contribution in [0.15, 0.2) is 72.8 Å². The number of carbonyl (C=O) groups is 2. The van der Waals surface area contributed by atoms with Gasteiger partial charge < -0.3 is 9.47 Å². The first-order chi connectivity index (χ1) is 15.1. The van der Waals surface area contributed by atoms with E-state index in [4.69, 9.17) is 9.47 Å². The van der Waals surface area contributed by atoms with Crippen LogP contribution in [0.4, 0.5) is 5.13 Å². The highest BCUT2D eigenvalue weighted by Crippen LogP contribution is 2.30. The lowest BCUT2D eigenvalue weighted by Gasteiger charge is -2.22. The average molecular weight is 433 g/mol. The molecule has 4 rings (SSSR count). The quantitative estimate of drug-likeness (QED) is 0.475. The maximum absolute atomic E-state index is 13.5. The normalized spacial score (nSPS) is 10.5. The van der Waals surface area contributed by atoms with E-state index < -0.39 is 11.8 Å². The van der Waals surface area contributed by atoms with E-state index in [1.165, 1.54) is 25.6 Å². The van der Waals surface area contributed by atoms with Crippen molar-refractivity contribution in [3.8, 4) is 11.5 Å². The fourth-order valence-electron chi connectivity index (χ4n) is 3.08. The molecule has 0 aliphatic carbocycles. The maximum atomic E-state index is 13.5. The summed E-state index contributed by atoms with van der Waals surface area (Å²) in [5, 5.41) is 1.48. The number of rotatable bonds is 5. The zero-order valence-corrected chi connectivity index (χ0v) is 17.7. The van der Waals surface area contributed by atoms with Gasteiger partial charge in [0.05, 0.1) is 35.6 Å². The molecule has 1 aromatic heterocycles. The number of nitrogens with zero attached hydrogens (tertiary/aromatic N) is 2. The lowest BCUT2D eigenvalue weighted by molar-refractivity contribution is 0.0884. The van der Waals surface area contributed by atoms with Gasteiger partial charge in [0.2, 0.25) is 5.13 Å². The molecule has 4 aromatic rings. The summed E-state index contributed by atoms with van der Waals surface area (Å²) in [6.07, 6.45) is 0. The zero-order chi connectivity index (χ0) is 21.8. The second-order valence-corrected chi connectivity index (χ2v) is 7.46. The van der Waals surface area contributed by atoms with E-state index in [0.29, 0.717) is 27.8 Å².